The van der Waals surface area contributed by atoms with E-state index in [1.54, 1.807) is 0 Å². The van der Waals surface area contributed by atoms with Crippen molar-refractivity contribution >= 4 is 44.0 Å². The summed E-state index contributed by atoms with van der Waals surface area (Å²) in [5.41, 5.74) is 16.3. The van der Waals surface area contributed by atoms with Gasteiger partial charge in [-0.1, -0.05) is 298 Å². The summed E-state index contributed by atoms with van der Waals surface area (Å²) < 4.78 is 2.44. The van der Waals surface area contributed by atoms with E-state index in [-0.39, 0.29) is 21.7 Å². The van der Waals surface area contributed by atoms with Crippen LogP contribution in [0.5, 0.6) is 0 Å². The van der Waals surface area contributed by atoms with E-state index in [1.165, 1.54) is 66.3 Å². The van der Waals surface area contributed by atoms with Crippen molar-refractivity contribution in [2.24, 2.45) is 0 Å². The second-order valence-corrected chi connectivity index (χ2v) is 28.9. The van der Waals surface area contributed by atoms with Crippen molar-refractivity contribution in [2.45, 2.75) is 169 Å². The Bertz CT molecular complexity index is 3360. The van der Waals surface area contributed by atoms with E-state index in [9.17, 15) is 0 Å². The number of hydrogen-bond acceptors (Lipinski definition) is 6. The molecule has 0 atom stereocenters. The Morgan fingerprint density at radius 1 is 0.291 bits per heavy atom. The molecule has 8 heteroatoms. The molecule has 0 saturated carbocycles. The average Bonchev–Trinajstić information content (AvgIpc) is 3.32. The molecule has 2 heterocycles. The van der Waals surface area contributed by atoms with Gasteiger partial charge in [-0.05, 0) is 130 Å². The van der Waals surface area contributed by atoms with Crippen molar-refractivity contribution in [2.75, 3.05) is 0 Å². The summed E-state index contributed by atoms with van der Waals surface area (Å²) in [7, 11) is 0. The molecule has 9 aromatic rings. The van der Waals surface area contributed by atoms with Crippen LogP contribution in [0.4, 0.5) is 0 Å². The number of rotatable bonds is 20. The van der Waals surface area contributed by atoms with Crippen molar-refractivity contribution in [3.63, 3.8) is 0 Å². The molecule has 86 heavy (non-hydrogen) atoms. The van der Waals surface area contributed by atoms with Gasteiger partial charge in [0.05, 0.1) is 0 Å². The zero-order chi connectivity index (χ0) is 61.2. The maximum Gasteiger partial charge on any atom is 0.164 e. The van der Waals surface area contributed by atoms with E-state index in [1.807, 2.05) is 0 Å². The van der Waals surface area contributed by atoms with Crippen LogP contribution >= 0.6 is 31.9 Å². The second kappa shape index (κ2) is 27.8. The molecule has 9 rings (SSSR count). The molecule has 0 spiro atoms. The first-order valence-electron chi connectivity index (χ1n) is 30.9. The predicted octanol–water partition coefficient (Wildman–Crippen LogP) is 22.4. The molecular formula is C78H86Br2N6. The zero-order valence-electron chi connectivity index (χ0n) is 52.8. The lowest BCUT2D eigenvalue weighted by molar-refractivity contribution is 0.590. The third-order valence-electron chi connectivity index (χ3n) is 16.1. The Morgan fingerprint density at radius 3 is 0.733 bits per heavy atom. The summed E-state index contributed by atoms with van der Waals surface area (Å²) in [6.45, 7) is 26.8. The lowest BCUT2D eigenvalue weighted by Gasteiger charge is -2.19. The highest BCUT2D eigenvalue weighted by Crippen LogP contribution is 2.34. The lowest BCUT2D eigenvalue weighted by atomic mass is 9.86. The van der Waals surface area contributed by atoms with Gasteiger partial charge in [-0.2, -0.15) is 0 Å². The highest BCUT2D eigenvalue weighted by Gasteiger charge is 2.21. The fraction of sp³-hybridized carbons (Fsp3) is 0.333. The van der Waals surface area contributed by atoms with Crippen molar-refractivity contribution in [1.82, 2.24) is 29.9 Å². The molecule has 7 aromatic carbocycles. The fourth-order valence-electron chi connectivity index (χ4n) is 10.5. The van der Waals surface area contributed by atoms with Crippen molar-refractivity contribution < 1.29 is 0 Å². The minimum absolute atomic E-state index is 0.0613. The highest BCUT2D eigenvalue weighted by atomic mass is 79.9. The first-order valence-corrected chi connectivity index (χ1v) is 32.5. The monoisotopic (exact) mass is 1260 g/mol. The number of unbranched alkanes of at least 4 members (excludes halogenated alkanes) is 6. The number of halogens is 2. The van der Waals surface area contributed by atoms with Crippen LogP contribution in [-0.2, 0) is 34.5 Å². The topological polar surface area (TPSA) is 77.3 Å². The highest BCUT2D eigenvalue weighted by molar-refractivity contribution is 9.11. The summed E-state index contributed by atoms with van der Waals surface area (Å²) in [6.07, 6.45) is 20.3. The van der Waals surface area contributed by atoms with Gasteiger partial charge >= 0.3 is 0 Å². The number of aromatic nitrogens is 6. The first-order chi connectivity index (χ1) is 40.9. The standard InChI is InChI=1S/C78H86Br2N6/c1-75(2,3)63-43-35-57(36-44-63)71-81-69(82-72(85-71)58-37-45-64(46-38-58)76(4,5)6)55-31-27-53(28-32-55)23-19-15-13-17-21-25-61-51-68(80)62(52-67(61)79)26-22-18-14-16-20-24-54-29-33-56(34-30-54)70-83-73(59-39-47-65(48-40-59)77(7,8)9)86-74(84-70)60-41-49-66(50-42-60)78(10,11)12/h19-20,23-24,27-52H,13-18,21-22,25-26H2,1-12H3. The molecule has 0 aliphatic carbocycles. The third-order valence-corrected chi connectivity index (χ3v) is 17.6. The van der Waals surface area contributed by atoms with Crippen molar-refractivity contribution in [3.8, 4) is 68.3 Å². The molecule has 0 unspecified atom stereocenters. The molecule has 0 N–H and O–H groups in total. The minimum Gasteiger partial charge on any atom is -0.208 e. The van der Waals surface area contributed by atoms with Gasteiger partial charge in [0.2, 0.25) is 0 Å². The molecule has 0 saturated heterocycles. The molecule has 0 amide bonds. The molecule has 0 radical (unpaired) electrons. The molecule has 0 bridgehead atoms. The van der Waals surface area contributed by atoms with E-state index in [0.717, 1.165) is 84.7 Å². The van der Waals surface area contributed by atoms with Gasteiger partial charge < -0.3 is 0 Å². The summed E-state index contributed by atoms with van der Waals surface area (Å²) in [6, 6.07) is 56.4. The van der Waals surface area contributed by atoms with Crippen molar-refractivity contribution in [1.29, 1.82) is 0 Å². The van der Waals surface area contributed by atoms with Gasteiger partial charge in [0.25, 0.3) is 0 Å². The van der Waals surface area contributed by atoms with Crippen LogP contribution in [0.25, 0.3) is 80.5 Å². The van der Waals surface area contributed by atoms with E-state index in [2.05, 4.69) is 297 Å². The summed E-state index contributed by atoms with van der Waals surface area (Å²) in [4.78, 5) is 30.1. The Morgan fingerprint density at radius 2 is 0.512 bits per heavy atom. The number of nitrogens with zero attached hydrogens (tertiary/aromatic N) is 6. The largest absolute Gasteiger partial charge is 0.208 e. The van der Waals surface area contributed by atoms with Gasteiger partial charge in [0.15, 0.2) is 34.9 Å². The van der Waals surface area contributed by atoms with E-state index >= 15 is 0 Å². The van der Waals surface area contributed by atoms with Gasteiger partial charge in [-0.25, -0.2) is 29.9 Å². The van der Waals surface area contributed by atoms with Gasteiger partial charge in [0.1, 0.15) is 0 Å². The minimum atomic E-state index is 0.0613. The molecule has 442 valence electrons. The zero-order valence-corrected chi connectivity index (χ0v) is 56.0. The maximum absolute atomic E-state index is 5.02. The number of allylic oxidation sites excluding steroid dienone is 2. The number of aryl methyl sites for hydroxylation is 2. The summed E-state index contributed by atoms with van der Waals surface area (Å²) in [5, 5.41) is 0. The van der Waals surface area contributed by atoms with Crippen LogP contribution in [0.2, 0.25) is 0 Å². The number of hydrogen-bond donors (Lipinski definition) is 0. The van der Waals surface area contributed by atoms with Crippen LogP contribution in [0, 0.1) is 0 Å². The van der Waals surface area contributed by atoms with Gasteiger partial charge in [-0.3, -0.25) is 0 Å². The maximum atomic E-state index is 5.02. The smallest absolute Gasteiger partial charge is 0.164 e. The number of benzene rings is 7. The van der Waals surface area contributed by atoms with Gasteiger partial charge in [-0.15, -0.1) is 0 Å². The van der Waals surface area contributed by atoms with Crippen LogP contribution in [0.3, 0.4) is 0 Å². The quantitative estimate of drug-likeness (QED) is 0.0708. The van der Waals surface area contributed by atoms with Crippen LogP contribution in [0.1, 0.15) is 179 Å². The fourth-order valence-corrected chi connectivity index (χ4v) is 11.6. The predicted molar refractivity (Wildman–Crippen MR) is 371 cm³/mol. The Kier molecular flexibility index (Phi) is 20.5. The third kappa shape index (κ3) is 17.2. The Labute approximate surface area is 531 Å². The second-order valence-electron chi connectivity index (χ2n) is 27.2. The summed E-state index contributed by atoms with van der Waals surface area (Å²) >= 11 is 7.85. The van der Waals surface area contributed by atoms with E-state index in [0.29, 0.717) is 34.9 Å². The van der Waals surface area contributed by atoms with Gasteiger partial charge in [0, 0.05) is 42.3 Å². The van der Waals surface area contributed by atoms with E-state index in [4.69, 9.17) is 29.9 Å². The molecule has 0 aliphatic heterocycles. The van der Waals surface area contributed by atoms with Crippen LogP contribution in [0.15, 0.2) is 179 Å². The Balaban J connectivity index is 0.720. The molecule has 2 aromatic heterocycles. The van der Waals surface area contributed by atoms with Crippen LogP contribution in [-0.4, -0.2) is 29.9 Å². The van der Waals surface area contributed by atoms with E-state index < -0.39 is 0 Å². The lowest BCUT2D eigenvalue weighted by Crippen LogP contribution is -2.11. The van der Waals surface area contributed by atoms with Crippen LogP contribution < -0.4 is 0 Å². The Hall–Kier alpha value is -7.00. The summed E-state index contributed by atoms with van der Waals surface area (Å²) in [5.74, 6) is 4.04. The normalized spacial score (nSPS) is 12.4. The molecule has 0 fully saturated rings. The molecule has 0 aliphatic rings. The SMILES string of the molecule is CC(C)(C)c1ccc(-c2nc(-c3ccc(C=CCCCCCc4cc(Br)c(CCCCCC=Cc5ccc(-c6nc(-c7ccc(C(C)(C)C)cc7)nc(-c7ccc(C(C)(C)C)cc7)n6)cc5)cc4Br)cc3)nc(-c3ccc(C(C)(C)C)cc3)n2)cc1. The first kappa shape index (κ1) is 63.5. The van der Waals surface area contributed by atoms with Crippen molar-refractivity contribution in [3.05, 3.63) is 223 Å². The molecule has 6 nitrogen and oxygen atoms in total. The molecular weight excluding hydrogens is 1180 g/mol. The average molecular weight is 1270 g/mol.